The van der Waals surface area contributed by atoms with E-state index < -0.39 is 0 Å². The van der Waals surface area contributed by atoms with Crippen LogP contribution in [0.3, 0.4) is 0 Å². The van der Waals surface area contributed by atoms with Gasteiger partial charge in [0.1, 0.15) is 0 Å². The minimum Gasteiger partial charge on any atom is -0.359 e. The van der Waals surface area contributed by atoms with Crippen LogP contribution in [-0.4, -0.2) is 27.9 Å². The molecule has 1 amide bonds. The lowest BCUT2D eigenvalue weighted by molar-refractivity contribution is -0.120. The van der Waals surface area contributed by atoms with Crippen LogP contribution in [0.15, 0.2) is 6.20 Å². The van der Waals surface area contributed by atoms with Crippen LogP contribution in [0.5, 0.6) is 0 Å². The summed E-state index contributed by atoms with van der Waals surface area (Å²) in [6, 6.07) is 0. The quantitative estimate of drug-likeness (QED) is 0.651. The van der Waals surface area contributed by atoms with Gasteiger partial charge in [-0.2, -0.15) is 0 Å². The molecular weight excluding hydrogens is 182 g/mol. The summed E-state index contributed by atoms with van der Waals surface area (Å²) in [7, 11) is 1.63. The van der Waals surface area contributed by atoms with E-state index in [1.165, 1.54) is 0 Å². The Bertz CT molecular complexity index is 296. The topological polar surface area (TPSA) is 85.8 Å². The number of rotatable bonds is 5. The molecule has 6 nitrogen and oxygen atoms in total. The fourth-order valence-electron chi connectivity index (χ4n) is 1.07. The highest BCUT2D eigenvalue weighted by molar-refractivity contribution is 5.75. The maximum Gasteiger partial charge on any atom is 0.219 e. The summed E-state index contributed by atoms with van der Waals surface area (Å²) in [4.78, 5) is 10.9. The molecule has 0 aliphatic heterocycles. The SMILES string of the molecule is CNC(=O)CCCn1cc(CN)nn1. The van der Waals surface area contributed by atoms with Crippen molar-refractivity contribution in [2.24, 2.45) is 5.73 Å². The zero-order valence-corrected chi connectivity index (χ0v) is 8.23. The second kappa shape index (κ2) is 5.33. The number of nitrogens with two attached hydrogens (primary N) is 1. The van der Waals surface area contributed by atoms with Gasteiger partial charge in [-0.25, -0.2) is 0 Å². The van der Waals surface area contributed by atoms with Crippen molar-refractivity contribution in [1.29, 1.82) is 0 Å². The van der Waals surface area contributed by atoms with E-state index >= 15 is 0 Å². The second-order valence-electron chi connectivity index (χ2n) is 2.95. The lowest BCUT2D eigenvalue weighted by Gasteiger charge is -1.99. The summed E-state index contributed by atoms with van der Waals surface area (Å²) < 4.78 is 1.70. The number of carbonyl (C=O) groups excluding carboxylic acids is 1. The Hall–Kier alpha value is -1.43. The number of aromatic nitrogens is 3. The van der Waals surface area contributed by atoms with Gasteiger partial charge < -0.3 is 11.1 Å². The summed E-state index contributed by atoms with van der Waals surface area (Å²) in [5.41, 5.74) is 6.15. The lowest BCUT2D eigenvalue weighted by Crippen LogP contribution is -2.17. The number of nitrogens with one attached hydrogen (secondary N) is 1. The molecule has 1 aromatic rings. The first-order valence-electron chi connectivity index (χ1n) is 4.56. The largest absolute Gasteiger partial charge is 0.359 e. The van der Waals surface area contributed by atoms with Crippen LogP contribution in [0.4, 0.5) is 0 Å². The van der Waals surface area contributed by atoms with Gasteiger partial charge in [0.2, 0.25) is 5.91 Å². The lowest BCUT2D eigenvalue weighted by atomic mass is 10.3. The van der Waals surface area contributed by atoms with Crippen molar-refractivity contribution in [3.63, 3.8) is 0 Å². The van der Waals surface area contributed by atoms with E-state index in [9.17, 15) is 4.79 Å². The molecule has 0 aromatic carbocycles. The maximum atomic E-state index is 10.9. The Labute approximate surface area is 82.5 Å². The molecule has 0 unspecified atom stereocenters. The van der Waals surface area contributed by atoms with Crippen LogP contribution in [0.2, 0.25) is 0 Å². The molecule has 0 atom stereocenters. The van der Waals surface area contributed by atoms with Gasteiger partial charge in [-0.15, -0.1) is 5.10 Å². The predicted molar refractivity (Wildman–Crippen MR) is 51.2 cm³/mol. The van der Waals surface area contributed by atoms with Crippen molar-refractivity contribution in [2.75, 3.05) is 7.05 Å². The Balaban J connectivity index is 2.27. The van der Waals surface area contributed by atoms with Gasteiger partial charge in [0.15, 0.2) is 0 Å². The average Bonchev–Trinajstić information content (AvgIpc) is 2.65. The van der Waals surface area contributed by atoms with Gasteiger partial charge in [-0.3, -0.25) is 9.48 Å². The summed E-state index contributed by atoms with van der Waals surface area (Å²) >= 11 is 0. The van der Waals surface area contributed by atoms with E-state index in [0.717, 1.165) is 12.1 Å². The number of hydrogen-bond acceptors (Lipinski definition) is 4. The van der Waals surface area contributed by atoms with Gasteiger partial charge in [0, 0.05) is 32.8 Å². The molecule has 0 spiro atoms. The van der Waals surface area contributed by atoms with Crippen LogP contribution in [-0.2, 0) is 17.9 Å². The van der Waals surface area contributed by atoms with Crippen molar-refractivity contribution < 1.29 is 4.79 Å². The van der Waals surface area contributed by atoms with Crippen LogP contribution < -0.4 is 11.1 Å². The van der Waals surface area contributed by atoms with Crippen LogP contribution in [0.1, 0.15) is 18.5 Å². The molecule has 0 aliphatic carbocycles. The van der Waals surface area contributed by atoms with E-state index in [0.29, 0.717) is 19.5 Å². The van der Waals surface area contributed by atoms with Gasteiger partial charge in [0.25, 0.3) is 0 Å². The van der Waals surface area contributed by atoms with Crippen molar-refractivity contribution in [3.05, 3.63) is 11.9 Å². The minimum atomic E-state index is 0.0455. The summed E-state index contributed by atoms with van der Waals surface area (Å²) in [6.07, 6.45) is 3.06. The number of amides is 1. The fourth-order valence-corrected chi connectivity index (χ4v) is 1.07. The van der Waals surface area contributed by atoms with E-state index in [4.69, 9.17) is 5.73 Å². The third-order valence-electron chi connectivity index (χ3n) is 1.87. The molecule has 0 radical (unpaired) electrons. The Morgan fingerprint density at radius 2 is 2.50 bits per heavy atom. The fraction of sp³-hybridized carbons (Fsp3) is 0.625. The van der Waals surface area contributed by atoms with E-state index in [1.54, 1.807) is 17.9 Å². The first-order valence-corrected chi connectivity index (χ1v) is 4.56. The van der Waals surface area contributed by atoms with Crippen LogP contribution in [0.25, 0.3) is 0 Å². The molecule has 1 heterocycles. The molecule has 0 saturated carbocycles. The molecule has 1 aromatic heterocycles. The normalized spacial score (nSPS) is 10.1. The first kappa shape index (κ1) is 10.6. The molecule has 78 valence electrons. The Morgan fingerprint density at radius 1 is 1.71 bits per heavy atom. The predicted octanol–water partition coefficient (Wildman–Crippen LogP) is -0.737. The number of nitrogens with zero attached hydrogens (tertiary/aromatic N) is 3. The third kappa shape index (κ3) is 3.14. The molecule has 3 N–H and O–H groups in total. The van der Waals surface area contributed by atoms with E-state index in [1.807, 2.05) is 0 Å². The van der Waals surface area contributed by atoms with Crippen molar-refractivity contribution in [1.82, 2.24) is 20.3 Å². The molecule has 0 bridgehead atoms. The standard InChI is InChI=1S/C8H15N5O/c1-10-8(14)3-2-4-13-6-7(5-9)11-12-13/h6H,2-5,9H2,1H3,(H,10,14). The van der Waals surface area contributed by atoms with E-state index in [2.05, 4.69) is 15.6 Å². The highest BCUT2D eigenvalue weighted by Gasteiger charge is 2.00. The Kier molecular flexibility index (Phi) is 4.06. The first-order chi connectivity index (χ1) is 6.76. The zero-order chi connectivity index (χ0) is 10.4. The average molecular weight is 197 g/mol. The van der Waals surface area contributed by atoms with Gasteiger partial charge in [0.05, 0.1) is 5.69 Å². The van der Waals surface area contributed by atoms with Crippen molar-refractivity contribution in [2.45, 2.75) is 25.9 Å². The second-order valence-corrected chi connectivity index (χ2v) is 2.95. The molecule has 0 saturated heterocycles. The summed E-state index contributed by atoms with van der Waals surface area (Å²) in [6.45, 7) is 1.09. The van der Waals surface area contributed by atoms with Crippen molar-refractivity contribution >= 4 is 5.91 Å². The zero-order valence-electron chi connectivity index (χ0n) is 8.23. The summed E-state index contributed by atoms with van der Waals surface area (Å²) in [5.74, 6) is 0.0455. The molecule has 1 rings (SSSR count). The van der Waals surface area contributed by atoms with Crippen molar-refractivity contribution in [3.8, 4) is 0 Å². The highest BCUT2D eigenvalue weighted by atomic mass is 16.1. The van der Waals surface area contributed by atoms with Gasteiger partial charge in [-0.05, 0) is 6.42 Å². The monoisotopic (exact) mass is 197 g/mol. The molecule has 6 heteroatoms. The molecule has 14 heavy (non-hydrogen) atoms. The maximum absolute atomic E-state index is 10.9. The third-order valence-corrected chi connectivity index (χ3v) is 1.87. The van der Waals surface area contributed by atoms with E-state index in [-0.39, 0.29) is 5.91 Å². The number of carbonyl (C=O) groups is 1. The minimum absolute atomic E-state index is 0.0455. The Morgan fingerprint density at radius 3 is 3.07 bits per heavy atom. The smallest absolute Gasteiger partial charge is 0.219 e. The molecular formula is C8H15N5O. The highest BCUT2D eigenvalue weighted by Crippen LogP contribution is 1.96. The molecule has 0 aliphatic rings. The summed E-state index contributed by atoms with van der Waals surface area (Å²) in [5, 5.41) is 10.3. The van der Waals surface area contributed by atoms with Gasteiger partial charge in [-0.1, -0.05) is 5.21 Å². The number of hydrogen-bond donors (Lipinski definition) is 2. The van der Waals surface area contributed by atoms with Crippen LogP contribution >= 0.6 is 0 Å². The molecule has 0 fully saturated rings. The van der Waals surface area contributed by atoms with Crippen LogP contribution in [0, 0.1) is 0 Å². The number of aryl methyl sites for hydroxylation is 1. The van der Waals surface area contributed by atoms with Gasteiger partial charge >= 0.3 is 0 Å².